The first kappa shape index (κ1) is 48.7. The third kappa shape index (κ3) is 11.0. The van der Waals surface area contributed by atoms with Crippen LogP contribution in [0.5, 0.6) is 11.5 Å². The van der Waals surface area contributed by atoms with E-state index in [2.05, 4.69) is 65.1 Å². The summed E-state index contributed by atoms with van der Waals surface area (Å²) >= 11 is 3.07. The summed E-state index contributed by atoms with van der Waals surface area (Å²) in [7, 11) is 3.55. The lowest BCUT2D eigenvalue weighted by molar-refractivity contribution is 0.0480. The first-order valence-electron chi connectivity index (χ1n) is 22.4. The van der Waals surface area contributed by atoms with Crippen molar-refractivity contribution < 1.29 is 19.0 Å². The third-order valence-electron chi connectivity index (χ3n) is 11.4. The Kier molecular flexibility index (Phi) is 14.8. The van der Waals surface area contributed by atoms with E-state index in [4.69, 9.17) is 19.9 Å². The summed E-state index contributed by atoms with van der Waals surface area (Å²) in [5, 5.41) is 7.89. The van der Waals surface area contributed by atoms with Crippen molar-refractivity contribution in [3.8, 4) is 32.4 Å². The van der Waals surface area contributed by atoms with Crippen LogP contribution in [0.25, 0.3) is 64.2 Å². The number of rotatable bonds is 13. The lowest BCUT2D eigenvalue weighted by Crippen LogP contribution is -2.42. The highest BCUT2D eigenvalue weighted by atomic mass is 32.1. The van der Waals surface area contributed by atoms with Crippen molar-refractivity contribution >= 4 is 72.1 Å². The number of alkyl carbamates (subject to hydrolysis) is 1. The summed E-state index contributed by atoms with van der Waals surface area (Å²) in [5.74, 6) is 2.18. The van der Waals surface area contributed by atoms with Crippen LogP contribution in [-0.2, 0) is 18.8 Å². The standard InChI is InChI=1S/C28H34N4O4S.C23H26N4O2S/c1-16(2)10-18(31-27(34)36-28(4,5)6)14-35-23-12-22-20(11-21(23)24-13-29-15-37-24)19-8-9-30-17(3)25(19)26(33)32(22)7;1-13(2)7-15(24)11-29-20-9-19-17(8-18(20)21-10-25-12-30-21)16-5-6-26-14(3)22(16)23(28)27(19)4/h8-9,11-13,15-16,18H,10,14H2,1-7H3,(H,31,34);5-6,8-10,12-13,15H,7,11,24H2,1-4H3/t18-;15-/m00/s1. The third-order valence-corrected chi connectivity index (χ3v) is 13.0. The largest absolute Gasteiger partial charge is 0.491 e. The van der Waals surface area contributed by atoms with Gasteiger partial charge in [-0.2, -0.15) is 0 Å². The summed E-state index contributed by atoms with van der Waals surface area (Å²) in [5.41, 5.74) is 13.9. The Morgan fingerprint density at radius 2 is 1.18 bits per heavy atom. The number of nitrogens with zero attached hydrogens (tertiary/aromatic N) is 6. The molecule has 2 aromatic carbocycles. The van der Waals surface area contributed by atoms with E-state index in [0.29, 0.717) is 46.4 Å². The molecule has 0 aliphatic rings. The first-order valence-corrected chi connectivity index (χ1v) is 24.2. The number of carbonyl (C=O) groups is 1. The molecule has 1 amide bonds. The first-order chi connectivity index (χ1) is 31.8. The molecule has 6 heterocycles. The van der Waals surface area contributed by atoms with Crippen molar-refractivity contribution in [2.45, 2.75) is 92.8 Å². The van der Waals surface area contributed by atoms with E-state index in [1.54, 1.807) is 64.2 Å². The number of pyridine rings is 4. The van der Waals surface area contributed by atoms with Gasteiger partial charge in [-0.1, -0.05) is 27.7 Å². The number of ether oxygens (including phenoxy) is 3. The number of aryl methyl sites for hydroxylation is 4. The van der Waals surface area contributed by atoms with Crippen molar-refractivity contribution in [3.05, 3.63) is 104 Å². The molecule has 0 unspecified atom stereocenters. The van der Waals surface area contributed by atoms with Crippen molar-refractivity contribution in [2.24, 2.45) is 31.7 Å². The molecule has 8 rings (SSSR count). The summed E-state index contributed by atoms with van der Waals surface area (Å²) in [4.78, 5) is 57.8. The van der Waals surface area contributed by atoms with Crippen LogP contribution in [0.1, 0.15) is 72.7 Å². The molecule has 0 fully saturated rings. The zero-order valence-corrected chi connectivity index (χ0v) is 41.7. The molecule has 0 radical (unpaired) electrons. The average molecular weight is 945 g/mol. The SMILES string of the molecule is Cc1nccc2c1c(=O)n(C)c1cc(OC[C@@H](N)CC(C)C)c(-c3cncs3)cc21.Cc1nccc2c1c(=O)n(C)c1cc(OC[C@H](CC(C)C)NC(=O)OC(C)(C)C)c(-c3cncs3)cc21. The lowest BCUT2D eigenvalue weighted by Gasteiger charge is -2.25. The van der Waals surface area contributed by atoms with E-state index >= 15 is 0 Å². The molecule has 0 bridgehead atoms. The molecular formula is C51H60N8O6S2. The summed E-state index contributed by atoms with van der Waals surface area (Å²) in [6, 6.07) is 11.5. The van der Waals surface area contributed by atoms with Crippen LogP contribution in [0.3, 0.4) is 0 Å². The summed E-state index contributed by atoms with van der Waals surface area (Å²) in [6.07, 6.45) is 8.26. The van der Waals surface area contributed by atoms with Gasteiger partial charge in [0.15, 0.2) is 0 Å². The quantitative estimate of drug-likeness (QED) is 0.105. The summed E-state index contributed by atoms with van der Waals surface area (Å²) < 4.78 is 21.3. The van der Waals surface area contributed by atoms with Gasteiger partial charge in [0.2, 0.25) is 0 Å². The van der Waals surface area contributed by atoms with Gasteiger partial charge in [-0.05, 0) is 94.3 Å². The molecule has 16 heteroatoms. The number of hydrogen-bond acceptors (Lipinski definition) is 13. The number of amides is 1. The van der Waals surface area contributed by atoms with Gasteiger partial charge in [0.25, 0.3) is 11.1 Å². The van der Waals surface area contributed by atoms with Gasteiger partial charge in [0.1, 0.15) is 30.3 Å². The minimum absolute atomic E-state index is 0.0517. The van der Waals surface area contributed by atoms with Crippen LogP contribution in [0.4, 0.5) is 4.79 Å². The Labute approximate surface area is 398 Å². The number of nitrogens with one attached hydrogen (secondary N) is 1. The minimum Gasteiger partial charge on any atom is -0.491 e. The second-order valence-corrected chi connectivity index (χ2v) is 20.6. The second-order valence-electron chi connectivity index (χ2n) is 18.8. The maximum Gasteiger partial charge on any atom is 0.407 e. The minimum atomic E-state index is -0.591. The van der Waals surface area contributed by atoms with Crippen LogP contribution in [0, 0.1) is 25.7 Å². The van der Waals surface area contributed by atoms with E-state index in [0.717, 1.165) is 72.0 Å². The van der Waals surface area contributed by atoms with E-state index in [-0.39, 0.29) is 29.8 Å². The van der Waals surface area contributed by atoms with Gasteiger partial charge in [-0.3, -0.25) is 29.5 Å². The van der Waals surface area contributed by atoms with Crippen molar-refractivity contribution in [2.75, 3.05) is 13.2 Å². The second kappa shape index (κ2) is 20.3. The van der Waals surface area contributed by atoms with Crippen LogP contribution in [0.15, 0.2) is 81.8 Å². The fourth-order valence-electron chi connectivity index (χ4n) is 8.39. The predicted octanol–water partition coefficient (Wildman–Crippen LogP) is 10.1. The number of fused-ring (bicyclic) bond motifs is 6. The van der Waals surface area contributed by atoms with Crippen LogP contribution in [0.2, 0.25) is 0 Å². The Balaban J connectivity index is 0.000000203. The molecule has 3 N–H and O–H groups in total. The number of hydrogen-bond donors (Lipinski definition) is 2. The smallest absolute Gasteiger partial charge is 0.407 e. The number of thiazole rings is 2. The maximum atomic E-state index is 13.2. The maximum absolute atomic E-state index is 13.2. The van der Waals surface area contributed by atoms with E-state index in [1.165, 1.54) is 11.3 Å². The summed E-state index contributed by atoms with van der Waals surface area (Å²) in [6.45, 7) is 18.4. The van der Waals surface area contributed by atoms with Gasteiger partial charge in [0, 0.05) is 79.0 Å². The zero-order valence-electron chi connectivity index (χ0n) is 40.1. The number of carbonyl (C=O) groups excluding carboxylic acids is 1. The molecule has 0 saturated heterocycles. The van der Waals surface area contributed by atoms with E-state index in [9.17, 15) is 14.4 Å². The fourth-order valence-corrected chi connectivity index (χ4v) is 9.68. The van der Waals surface area contributed by atoms with Gasteiger partial charge in [-0.15, -0.1) is 22.7 Å². The number of nitrogens with two attached hydrogens (primary N) is 1. The van der Waals surface area contributed by atoms with Gasteiger partial charge in [-0.25, -0.2) is 4.79 Å². The molecule has 0 spiro atoms. The Morgan fingerprint density at radius 3 is 1.60 bits per heavy atom. The molecule has 6 aromatic heterocycles. The number of benzene rings is 2. The highest BCUT2D eigenvalue weighted by Gasteiger charge is 2.23. The van der Waals surface area contributed by atoms with Crippen LogP contribution >= 0.6 is 22.7 Å². The molecule has 0 aliphatic carbocycles. The van der Waals surface area contributed by atoms with Crippen LogP contribution < -0.4 is 31.6 Å². The molecule has 0 saturated carbocycles. The topological polar surface area (TPSA) is 178 Å². The molecule has 352 valence electrons. The Hall–Kier alpha value is -6.23. The lowest BCUT2D eigenvalue weighted by atomic mass is 10.0. The molecular weight excluding hydrogens is 885 g/mol. The molecule has 67 heavy (non-hydrogen) atoms. The molecule has 14 nitrogen and oxygen atoms in total. The average Bonchev–Trinajstić information content (AvgIpc) is 4.01. The van der Waals surface area contributed by atoms with E-state index < -0.39 is 11.7 Å². The van der Waals surface area contributed by atoms with Gasteiger partial charge < -0.3 is 34.4 Å². The van der Waals surface area contributed by atoms with E-state index in [1.807, 2.05) is 65.1 Å². The normalized spacial score (nSPS) is 12.7. The van der Waals surface area contributed by atoms with Crippen molar-refractivity contribution in [1.29, 1.82) is 0 Å². The Morgan fingerprint density at radius 1 is 0.716 bits per heavy atom. The zero-order chi connectivity index (χ0) is 48.3. The Bertz CT molecular complexity index is 3170. The van der Waals surface area contributed by atoms with Crippen molar-refractivity contribution in [3.63, 3.8) is 0 Å². The van der Waals surface area contributed by atoms with Crippen molar-refractivity contribution in [1.82, 2.24) is 34.4 Å². The highest BCUT2D eigenvalue weighted by Crippen LogP contribution is 2.40. The van der Waals surface area contributed by atoms with Gasteiger partial charge in [0.05, 0.1) is 60.0 Å². The fraction of sp³-hybridized carbons (Fsp3) is 0.392. The molecule has 2 atom stereocenters. The van der Waals surface area contributed by atoms with Gasteiger partial charge >= 0.3 is 6.09 Å². The predicted molar refractivity (Wildman–Crippen MR) is 272 cm³/mol. The van der Waals surface area contributed by atoms with Crippen LogP contribution in [-0.4, -0.2) is 66.1 Å². The molecule has 8 aromatic rings. The number of aromatic nitrogens is 6. The monoisotopic (exact) mass is 944 g/mol. The highest BCUT2D eigenvalue weighted by molar-refractivity contribution is 7.13. The molecule has 0 aliphatic heterocycles.